The number of rotatable bonds is 4. The quantitative estimate of drug-likeness (QED) is 0.751. The summed E-state index contributed by atoms with van der Waals surface area (Å²) in [5, 5.41) is 9.27. The molecule has 1 aromatic rings. The maximum absolute atomic E-state index is 9.27. The van der Waals surface area contributed by atoms with Gasteiger partial charge >= 0.3 is 0 Å². The summed E-state index contributed by atoms with van der Waals surface area (Å²) in [4.78, 5) is 4.41. The van der Waals surface area contributed by atoms with Gasteiger partial charge < -0.3 is 0 Å². The summed E-state index contributed by atoms with van der Waals surface area (Å²) in [5.74, 6) is 0. The van der Waals surface area contributed by atoms with E-state index in [2.05, 4.69) is 24.0 Å². The molecule has 0 spiro atoms. The first-order valence-electron chi connectivity index (χ1n) is 5.59. The van der Waals surface area contributed by atoms with E-state index in [-0.39, 0.29) is 0 Å². The molecule has 0 aliphatic rings. The van der Waals surface area contributed by atoms with E-state index in [1.54, 1.807) is 0 Å². The fraction of sp³-hybridized carbons (Fsp3) is 0.538. The molecule has 0 amide bonds. The predicted molar refractivity (Wildman–Crippen MR) is 61.5 cm³/mol. The van der Waals surface area contributed by atoms with Crippen LogP contribution in [0.1, 0.15) is 44.9 Å². The van der Waals surface area contributed by atoms with Crippen LogP contribution < -0.4 is 0 Å². The summed E-state index contributed by atoms with van der Waals surface area (Å²) in [6.07, 6.45) is 4.51. The number of aromatic nitrogens is 1. The Bertz CT molecular complexity index is 342. The van der Waals surface area contributed by atoms with Gasteiger partial charge in [-0.1, -0.05) is 26.8 Å². The predicted octanol–water partition coefficient (Wildman–Crippen LogP) is 3.23. The maximum atomic E-state index is 9.27. The lowest BCUT2D eigenvalue weighted by Gasteiger charge is -2.22. The van der Waals surface area contributed by atoms with Crippen LogP contribution in [0.4, 0.5) is 0 Å². The third-order valence-electron chi connectivity index (χ3n) is 3.14. The van der Waals surface area contributed by atoms with Gasteiger partial charge in [0.1, 0.15) is 0 Å². The molecule has 0 saturated heterocycles. The highest BCUT2D eigenvalue weighted by Crippen LogP contribution is 2.29. The molecule has 1 aromatic heterocycles. The van der Waals surface area contributed by atoms with Crippen LogP contribution in [-0.2, 0) is 11.8 Å². The molecule has 2 nitrogen and oxygen atoms in total. The summed E-state index contributed by atoms with van der Waals surface area (Å²) < 4.78 is 0. The van der Waals surface area contributed by atoms with Crippen LogP contribution in [0.15, 0.2) is 18.3 Å². The first kappa shape index (κ1) is 11.7. The van der Waals surface area contributed by atoms with Gasteiger partial charge in [0.2, 0.25) is 0 Å². The van der Waals surface area contributed by atoms with Crippen LogP contribution >= 0.6 is 0 Å². The Morgan fingerprint density at radius 1 is 1.27 bits per heavy atom. The fourth-order valence-electron chi connectivity index (χ4n) is 1.74. The molecule has 0 bridgehead atoms. The van der Waals surface area contributed by atoms with E-state index in [1.165, 1.54) is 5.56 Å². The highest BCUT2D eigenvalue weighted by atomic mass is 14.7. The van der Waals surface area contributed by atoms with Crippen molar-refractivity contribution in [1.29, 1.82) is 5.26 Å². The molecule has 0 N–H and O–H groups in total. The van der Waals surface area contributed by atoms with Gasteiger partial charge in [-0.05, 0) is 30.9 Å². The van der Waals surface area contributed by atoms with Crippen molar-refractivity contribution in [2.45, 2.75) is 45.4 Å². The highest BCUT2D eigenvalue weighted by molar-refractivity contribution is 5.27. The number of pyridine rings is 1. The van der Waals surface area contributed by atoms with Crippen LogP contribution in [0.3, 0.4) is 0 Å². The molecule has 2 heteroatoms. The van der Waals surface area contributed by atoms with Crippen molar-refractivity contribution in [3.63, 3.8) is 0 Å². The van der Waals surface area contributed by atoms with Gasteiger partial charge in [0.25, 0.3) is 0 Å². The van der Waals surface area contributed by atoms with Gasteiger partial charge in [-0.2, -0.15) is 5.26 Å². The maximum Gasteiger partial charge on any atom is 0.0987 e. The molecule has 0 atom stereocenters. The molecule has 0 fully saturated rings. The Labute approximate surface area is 92.0 Å². The molecule has 0 unspecified atom stereocenters. The van der Waals surface area contributed by atoms with E-state index in [0.29, 0.717) is 0 Å². The van der Waals surface area contributed by atoms with E-state index in [9.17, 15) is 5.26 Å². The van der Waals surface area contributed by atoms with Gasteiger partial charge in [-0.3, -0.25) is 4.98 Å². The van der Waals surface area contributed by atoms with Crippen LogP contribution in [-0.4, -0.2) is 4.98 Å². The minimum Gasteiger partial charge on any atom is -0.259 e. The standard InChI is InChI=1S/C13H18N2/c1-4-11-7-8-12(15-9-11)13(5-2,6-3)10-14/h7-9H,4-6H2,1-3H3. The van der Waals surface area contributed by atoms with Crippen LogP contribution in [0, 0.1) is 11.3 Å². The summed E-state index contributed by atoms with van der Waals surface area (Å²) in [6.45, 7) is 6.19. The van der Waals surface area contributed by atoms with Crippen molar-refractivity contribution in [2.24, 2.45) is 0 Å². The number of aryl methyl sites for hydroxylation is 1. The molecular formula is C13H18N2. The number of hydrogen-bond acceptors (Lipinski definition) is 2. The highest BCUT2D eigenvalue weighted by Gasteiger charge is 2.29. The molecule has 0 saturated carbocycles. The molecule has 80 valence electrons. The first-order valence-corrected chi connectivity index (χ1v) is 5.59. The second-order valence-electron chi connectivity index (χ2n) is 3.81. The zero-order chi connectivity index (χ0) is 11.3. The zero-order valence-corrected chi connectivity index (χ0v) is 9.75. The van der Waals surface area contributed by atoms with E-state index in [4.69, 9.17) is 0 Å². The van der Waals surface area contributed by atoms with Crippen molar-refractivity contribution in [2.75, 3.05) is 0 Å². The first-order chi connectivity index (χ1) is 7.22. The normalized spacial score (nSPS) is 11.1. The van der Waals surface area contributed by atoms with Crippen LogP contribution in [0.5, 0.6) is 0 Å². The zero-order valence-electron chi connectivity index (χ0n) is 9.75. The van der Waals surface area contributed by atoms with E-state index in [0.717, 1.165) is 25.0 Å². The smallest absolute Gasteiger partial charge is 0.0987 e. The molecular weight excluding hydrogens is 184 g/mol. The minimum atomic E-state index is -0.397. The molecule has 1 rings (SSSR count). The summed E-state index contributed by atoms with van der Waals surface area (Å²) in [5.41, 5.74) is 1.73. The number of hydrogen-bond donors (Lipinski definition) is 0. The van der Waals surface area contributed by atoms with Crippen LogP contribution in [0.2, 0.25) is 0 Å². The Kier molecular flexibility index (Phi) is 3.85. The van der Waals surface area contributed by atoms with E-state index < -0.39 is 5.41 Å². The van der Waals surface area contributed by atoms with Crippen molar-refractivity contribution in [3.05, 3.63) is 29.6 Å². The summed E-state index contributed by atoms with van der Waals surface area (Å²) in [7, 11) is 0. The molecule has 15 heavy (non-hydrogen) atoms. The van der Waals surface area contributed by atoms with E-state index >= 15 is 0 Å². The second kappa shape index (κ2) is 4.93. The largest absolute Gasteiger partial charge is 0.259 e. The average Bonchev–Trinajstić information content (AvgIpc) is 2.33. The van der Waals surface area contributed by atoms with Gasteiger partial charge in [-0.25, -0.2) is 0 Å². The topological polar surface area (TPSA) is 36.7 Å². The minimum absolute atomic E-state index is 0.397. The van der Waals surface area contributed by atoms with Crippen molar-refractivity contribution in [1.82, 2.24) is 4.98 Å². The van der Waals surface area contributed by atoms with E-state index in [1.807, 2.05) is 26.1 Å². The SMILES string of the molecule is CCc1ccc(C(C#N)(CC)CC)nc1. The summed E-state index contributed by atoms with van der Waals surface area (Å²) in [6, 6.07) is 6.47. The monoisotopic (exact) mass is 202 g/mol. The van der Waals surface area contributed by atoms with Crippen molar-refractivity contribution >= 4 is 0 Å². The Morgan fingerprint density at radius 3 is 2.27 bits per heavy atom. The van der Waals surface area contributed by atoms with Gasteiger partial charge in [0, 0.05) is 6.20 Å². The molecule has 1 heterocycles. The third kappa shape index (κ3) is 2.18. The number of nitrogens with zero attached hydrogens (tertiary/aromatic N) is 2. The molecule has 0 aliphatic heterocycles. The van der Waals surface area contributed by atoms with Gasteiger partial charge in [0.05, 0.1) is 17.2 Å². The van der Waals surface area contributed by atoms with Gasteiger partial charge in [-0.15, -0.1) is 0 Å². The Morgan fingerprint density at radius 2 is 1.93 bits per heavy atom. The van der Waals surface area contributed by atoms with Gasteiger partial charge in [0.15, 0.2) is 0 Å². The second-order valence-corrected chi connectivity index (χ2v) is 3.81. The fourth-order valence-corrected chi connectivity index (χ4v) is 1.74. The van der Waals surface area contributed by atoms with Crippen molar-refractivity contribution < 1.29 is 0 Å². The lowest BCUT2D eigenvalue weighted by molar-refractivity contribution is 0.496. The molecule has 0 aliphatic carbocycles. The Balaban J connectivity index is 3.08. The lowest BCUT2D eigenvalue weighted by Crippen LogP contribution is -2.23. The summed E-state index contributed by atoms with van der Waals surface area (Å²) >= 11 is 0. The van der Waals surface area contributed by atoms with Crippen LogP contribution in [0.25, 0.3) is 0 Å². The lowest BCUT2D eigenvalue weighted by atomic mass is 9.80. The average molecular weight is 202 g/mol. The molecule has 0 radical (unpaired) electrons. The number of nitriles is 1. The van der Waals surface area contributed by atoms with Crippen molar-refractivity contribution in [3.8, 4) is 6.07 Å². The third-order valence-corrected chi connectivity index (χ3v) is 3.14. The Hall–Kier alpha value is -1.36. The molecule has 0 aromatic carbocycles.